The van der Waals surface area contributed by atoms with Gasteiger partial charge in [0.05, 0.1) is 5.60 Å². The molecule has 94 valence electrons. The molecule has 1 aromatic rings. The summed E-state index contributed by atoms with van der Waals surface area (Å²) in [6.45, 7) is 0.781. The molecule has 2 fully saturated rings. The number of hydrogen-bond donors (Lipinski definition) is 1. The molecule has 2 aliphatic carbocycles. The summed E-state index contributed by atoms with van der Waals surface area (Å²) < 4.78 is 0. The highest BCUT2D eigenvalue weighted by Gasteiger charge is 2.41. The Kier molecular flexibility index (Phi) is 1.97. The van der Waals surface area contributed by atoms with E-state index >= 15 is 0 Å². The zero-order chi connectivity index (χ0) is 12.3. The number of benzene rings is 1. The average Bonchev–Trinajstić information content (AvgIpc) is 3.25. The second kappa shape index (κ2) is 3.35. The predicted octanol–water partition coefficient (Wildman–Crippen LogP) is 1.87. The minimum Gasteiger partial charge on any atom is -0.390 e. The van der Waals surface area contributed by atoms with Crippen molar-refractivity contribution in [3.05, 3.63) is 34.9 Å². The first-order valence-electron chi connectivity index (χ1n) is 6.80. The highest BCUT2D eigenvalue weighted by Crippen LogP contribution is 2.39. The summed E-state index contributed by atoms with van der Waals surface area (Å²) >= 11 is 0. The topological polar surface area (TPSA) is 40.5 Å². The molecule has 1 aromatic carbocycles. The van der Waals surface area contributed by atoms with Gasteiger partial charge in [-0.05, 0) is 42.9 Å². The van der Waals surface area contributed by atoms with Gasteiger partial charge in [-0.15, -0.1) is 0 Å². The molecule has 18 heavy (non-hydrogen) atoms. The molecule has 0 radical (unpaired) electrons. The van der Waals surface area contributed by atoms with Gasteiger partial charge in [0.2, 0.25) is 0 Å². The van der Waals surface area contributed by atoms with Gasteiger partial charge in [-0.1, -0.05) is 12.1 Å². The maximum absolute atomic E-state index is 12.3. The van der Waals surface area contributed by atoms with Gasteiger partial charge in [0.15, 0.2) is 0 Å². The molecule has 3 nitrogen and oxygen atoms in total. The van der Waals surface area contributed by atoms with E-state index in [1.54, 1.807) is 0 Å². The molecule has 1 amide bonds. The van der Waals surface area contributed by atoms with Crippen LogP contribution in [0.25, 0.3) is 0 Å². The molecule has 0 spiro atoms. The summed E-state index contributed by atoms with van der Waals surface area (Å²) in [6.07, 6.45) is 4.80. The lowest BCUT2D eigenvalue weighted by molar-refractivity contribution is 0.0766. The Hall–Kier alpha value is -1.35. The number of carbonyl (C=O) groups excluding carboxylic acids is 1. The third-order valence-electron chi connectivity index (χ3n) is 4.35. The van der Waals surface area contributed by atoms with Gasteiger partial charge in [0.25, 0.3) is 5.91 Å². The van der Waals surface area contributed by atoms with E-state index in [0.29, 0.717) is 12.5 Å². The van der Waals surface area contributed by atoms with Crippen LogP contribution in [0.2, 0.25) is 0 Å². The Labute approximate surface area is 106 Å². The van der Waals surface area contributed by atoms with Crippen molar-refractivity contribution < 1.29 is 9.90 Å². The Bertz CT molecular complexity index is 529. The SMILES string of the molecule is O=C1c2cc(CC3(O)CC3)ccc2CN1C1CC1. The second-order valence-electron chi connectivity index (χ2n) is 6.06. The molecule has 4 rings (SSSR count). The lowest BCUT2D eigenvalue weighted by Crippen LogP contribution is -2.25. The van der Waals surface area contributed by atoms with Crippen LogP contribution in [-0.4, -0.2) is 27.6 Å². The van der Waals surface area contributed by atoms with E-state index in [1.165, 1.54) is 0 Å². The van der Waals surface area contributed by atoms with E-state index in [2.05, 4.69) is 12.1 Å². The molecular weight excluding hydrogens is 226 g/mol. The highest BCUT2D eigenvalue weighted by molar-refractivity contribution is 5.98. The van der Waals surface area contributed by atoms with Gasteiger partial charge >= 0.3 is 0 Å². The first-order chi connectivity index (χ1) is 8.65. The van der Waals surface area contributed by atoms with Crippen LogP contribution < -0.4 is 0 Å². The normalized spacial score (nSPS) is 24.3. The molecule has 3 heteroatoms. The van der Waals surface area contributed by atoms with Gasteiger partial charge < -0.3 is 10.0 Å². The number of fused-ring (bicyclic) bond motifs is 1. The number of hydrogen-bond acceptors (Lipinski definition) is 2. The molecule has 0 unspecified atom stereocenters. The van der Waals surface area contributed by atoms with Crippen molar-refractivity contribution in [1.29, 1.82) is 0 Å². The standard InChI is InChI=1S/C15H17NO2/c17-14-13-7-10(8-15(18)5-6-15)1-2-11(13)9-16(14)12-3-4-12/h1-2,7,12,18H,3-6,8-9H2. The Morgan fingerprint density at radius 2 is 2.11 bits per heavy atom. The van der Waals surface area contributed by atoms with E-state index in [-0.39, 0.29) is 5.91 Å². The van der Waals surface area contributed by atoms with Crippen molar-refractivity contribution in [2.24, 2.45) is 0 Å². The quantitative estimate of drug-likeness (QED) is 0.880. The van der Waals surface area contributed by atoms with Gasteiger partial charge in [-0.25, -0.2) is 0 Å². The number of rotatable bonds is 3. The number of nitrogens with zero attached hydrogens (tertiary/aromatic N) is 1. The Morgan fingerprint density at radius 1 is 1.33 bits per heavy atom. The van der Waals surface area contributed by atoms with Crippen LogP contribution in [0.3, 0.4) is 0 Å². The number of carbonyl (C=O) groups is 1. The third kappa shape index (κ3) is 1.65. The minimum absolute atomic E-state index is 0.192. The lowest BCUT2D eigenvalue weighted by atomic mass is 10.0. The zero-order valence-corrected chi connectivity index (χ0v) is 10.4. The second-order valence-corrected chi connectivity index (χ2v) is 6.06. The van der Waals surface area contributed by atoms with Crippen LogP contribution in [-0.2, 0) is 13.0 Å². The van der Waals surface area contributed by atoms with Crippen LogP contribution in [0, 0.1) is 0 Å². The van der Waals surface area contributed by atoms with Gasteiger partial charge in [-0.3, -0.25) is 4.79 Å². The fourth-order valence-electron chi connectivity index (χ4n) is 2.86. The smallest absolute Gasteiger partial charge is 0.254 e. The molecule has 0 saturated heterocycles. The minimum atomic E-state index is -0.480. The van der Waals surface area contributed by atoms with E-state index in [9.17, 15) is 9.90 Å². The summed E-state index contributed by atoms with van der Waals surface area (Å²) in [5, 5.41) is 9.95. The maximum atomic E-state index is 12.3. The van der Waals surface area contributed by atoms with Crippen LogP contribution in [0.1, 0.15) is 47.2 Å². The van der Waals surface area contributed by atoms with Crippen LogP contribution in [0.4, 0.5) is 0 Å². The molecule has 0 aromatic heterocycles. The monoisotopic (exact) mass is 243 g/mol. The maximum Gasteiger partial charge on any atom is 0.254 e. The van der Waals surface area contributed by atoms with Gasteiger partial charge in [-0.2, -0.15) is 0 Å². The van der Waals surface area contributed by atoms with Crippen LogP contribution >= 0.6 is 0 Å². The van der Waals surface area contributed by atoms with Crippen molar-refractivity contribution in [2.75, 3.05) is 0 Å². The predicted molar refractivity (Wildman–Crippen MR) is 67.2 cm³/mol. The molecule has 1 heterocycles. The van der Waals surface area contributed by atoms with E-state index in [1.807, 2.05) is 11.0 Å². The summed E-state index contributed by atoms with van der Waals surface area (Å²) in [7, 11) is 0. The van der Waals surface area contributed by atoms with Crippen molar-refractivity contribution in [1.82, 2.24) is 4.90 Å². The van der Waals surface area contributed by atoms with Crippen molar-refractivity contribution in [3.63, 3.8) is 0 Å². The van der Waals surface area contributed by atoms with Crippen LogP contribution in [0.15, 0.2) is 18.2 Å². The van der Waals surface area contributed by atoms with Crippen molar-refractivity contribution in [3.8, 4) is 0 Å². The third-order valence-corrected chi connectivity index (χ3v) is 4.35. The molecule has 2 saturated carbocycles. The number of aliphatic hydroxyl groups is 1. The summed E-state index contributed by atoms with van der Waals surface area (Å²) in [5.74, 6) is 0.192. The highest BCUT2D eigenvalue weighted by atomic mass is 16.3. The Balaban J connectivity index is 1.62. The van der Waals surface area contributed by atoms with E-state index in [0.717, 1.165) is 48.9 Å². The van der Waals surface area contributed by atoms with Crippen molar-refractivity contribution in [2.45, 2.75) is 50.3 Å². The van der Waals surface area contributed by atoms with Crippen molar-refractivity contribution >= 4 is 5.91 Å². The zero-order valence-electron chi connectivity index (χ0n) is 10.4. The largest absolute Gasteiger partial charge is 0.390 e. The van der Waals surface area contributed by atoms with Gasteiger partial charge in [0, 0.05) is 24.6 Å². The van der Waals surface area contributed by atoms with E-state index in [4.69, 9.17) is 0 Å². The molecule has 1 aliphatic heterocycles. The molecule has 0 atom stereocenters. The van der Waals surface area contributed by atoms with Crippen LogP contribution in [0.5, 0.6) is 0 Å². The van der Waals surface area contributed by atoms with E-state index < -0.39 is 5.60 Å². The first kappa shape index (κ1) is 10.6. The molecular formula is C15H17NO2. The average molecular weight is 243 g/mol. The number of amides is 1. The lowest BCUT2D eigenvalue weighted by Gasteiger charge is -2.13. The molecule has 0 bridgehead atoms. The van der Waals surface area contributed by atoms with Gasteiger partial charge in [0.1, 0.15) is 0 Å². The summed E-state index contributed by atoms with van der Waals surface area (Å²) in [6, 6.07) is 6.62. The molecule has 1 N–H and O–H groups in total. The fraction of sp³-hybridized carbons (Fsp3) is 0.533. The molecule has 3 aliphatic rings. The first-order valence-corrected chi connectivity index (χ1v) is 6.80. The fourth-order valence-corrected chi connectivity index (χ4v) is 2.86. The Morgan fingerprint density at radius 3 is 2.78 bits per heavy atom. The summed E-state index contributed by atoms with van der Waals surface area (Å²) in [4.78, 5) is 14.3. The summed E-state index contributed by atoms with van der Waals surface area (Å²) in [5.41, 5.74) is 2.63.